The molecule has 92 heavy (non-hydrogen) atoms. The molecule has 8 heterocycles. The zero-order chi connectivity index (χ0) is 70.2. The molecule has 0 saturated heterocycles. The first-order chi connectivity index (χ1) is 42.0. The zero-order valence-electron chi connectivity index (χ0n) is 49.9. The van der Waals surface area contributed by atoms with Crippen LogP contribution in [0.2, 0.25) is 5.02 Å². The first kappa shape index (κ1) is 85.0. The molecule has 0 radical (unpaired) electrons. The van der Waals surface area contributed by atoms with Gasteiger partial charge in [0.2, 0.25) is 0 Å². The molecule has 508 valence electrons. The SMILES string of the molecule is C.CCOc1cc(C)sc1C(=O)O.CCc1cc(C)sc1C(=O)O.Cc1cc(C(F)(F)F)c(C(=O)O)s1.Cc1cc(C)c(C)s1.Cc1cc(Cl)c(C(=O)O)s1.Cc1cc(F)c(C(=O)O)s1.Cc1cc(OC(F)(F)F)c(C(=O)O)s1.Cc1cc(OCCO)c(C(=O)O)s1. The maximum Gasteiger partial charge on any atom is 0.573 e. The molecule has 0 atom stereocenters. The molecule has 8 aromatic heterocycles. The molecular weight excluding hydrogens is 1410 g/mol. The molecule has 0 fully saturated rings. The number of alkyl halides is 6. The van der Waals surface area contributed by atoms with Gasteiger partial charge in [0.1, 0.15) is 43.4 Å². The number of hydrogen-bond donors (Lipinski definition) is 8. The van der Waals surface area contributed by atoms with Crippen LogP contribution in [0, 0.1) is 75.1 Å². The smallest absolute Gasteiger partial charge is 0.492 e. The van der Waals surface area contributed by atoms with Crippen molar-refractivity contribution in [3.05, 3.63) is 154 Å². The van der Waals surface area contributed by atoms with E-state index in [1.54, 1.807) is 25.1 Å². The van der Waals surface area contributed by atoms with Gasteiger partial charge in [-0.25, -0.2) is 38.0 Å². The Morgan fingerprint density at radius 3 is 1.08 bits per heavy atom. The van der Waals surface area contributed by atoms with Gasteiger partial charge in [0.15, 0.2) is 20.4 Å². The number of carboxylic acids is 7. The number of aromatic carboxylic acids is 7. The van der Waals surface area contributed by atoms with Gasteiger partial charge in [0.05, 0.1) is 23.8 Å². The zero-order valence-corrected chi connectivity index (χ0v) is 57.2. The van der Waals surface area contributed by atoms with Gasteiger partial charge in [-0.05, 0) is 142 Å². The number of rotatable bonds is 14. The highest BCUT2D eigenvalue weighted by Crippen LogP contribution is 2.37. The van der Waals surface area contributed by atoms with Crippen LogP contribution in [-0.2, 0) is 12.6 Å². The number of aliphatic hydroxyl groups is 1. The van der Waals surface area contributed by atoms with E-state index in [1.165, 1.54) is 80.6 Å². The second-order valence-corrected chi connectivity index (χ2v) is 28.3. The number of aliphatic hydroxyl groups excluding tert-OH is 1. The number of thiophene rings is 8. The van der Waals surface area contributed by atoms with Crippen molar-refractivity contribution in [1.82, 2.24) is 0 Å². The topological polar surface area (TPSA) is 309 Å². The van der Waals surface area contributed by atoms with Crippen LogP contribution in [0.1, 0.15) is 150 Å². The highest BCUT2D eigenvalue weighted by atomic mass is 35.5. The molecule has 0 aliphatic carbocycles. The summed E-state index contributed by atoms with van der Waals surface area (Å²) in [6, 6.07) is 12.3. The fraction of sp³-hybridized carbons (Fsp3) is 0.328. The summed E-state index contributed by atoms with van der Waals surface area (Å²) in [5.41, 5.74) is 1.30. The molecular formula is C58H64ClF7O18S8. The highest BCUT2D eigenvalue weighted by Gasteiger charge is 2.37. The monoisotopic (exact) mass is 1470 g/mol. The van der Waals surface area contributed by atoms with Crippen LogP contribution < -0.4 is 14.2 Å². The third-order valence-corrected chi connectivity index (χ3v) is 18.8. The van der Waals surface area contributed by atoms with Crippen LogP contribution in [0.5, 0.6) is 17.2 Å². The van der Waals surface area contributed by atoms with Gasteiger partial charge < -0.3 is 55.1 Å². The van der Waals surface area contributed by atoms with E-state index in [0.29, 0.717) is 54.0 Å². The van der Waals surface area contributed by atoms with Crippen molar-refractivity contribution >= 4 is 144 Å². The summed E-state index contributed by atoms with van der Waals surface area (Å²) in [7, 11) is 0. The first-order valence-electron chi connectivity index (χ1n) is 25.4. The molecule has 0 aromatic carbocycles. The summed E-state index contributed by atoms with van der Waals surface area (Å²) in [5, 5.41) is 68.9. The molecule has 8 N–H and O–H groups in total. The Bertz CT molecular complexity index is 3650. The summed E-state index contributed by atoms with van der Waals surface area (Å²) in [4.78, 5) is 81.4. The van der Waals surface area contributed by atoms with Crippen LogP contribution in [0.3, 0.4) is 0 Å². The van der Waals surface area contributed by atoms with Gasteiger partial charge in [0.25, 0.3) is 0 Å². The van der Waals surface area contributed by atoms with Crippen LogP contribution in [0.25, 0.3) is 0 Å². The van der Waals surface area contributed by atoms with E-state index in [2.05, 4.69) is 31.6 Å². The molecule has 34 heteroatoms. The van der Waals surface area contributed by atoms with Crippen molar-refractivity contribution in [2.45, 2.75) is 109 Å². The molecule has 0 amide bonds. The summed E-state index contributed by atoms with van der Waals surface area (Å²) in [5.74, 6) is -8.33. The van der Waals surface area contributed by atoms with Gasteiger partial charge in [-0.15, -0.1) is 104 Å². The summed E-state index contributed by atoms with van der Waals surface area (Å²) >= 11 is 14.7. The van der Waals surface area contributed by atoms with Crippen LogP contribution in [0.15, 0.2) is 48.5 Å². The van der Waals surface area contributed by atoms with E-state index < -0.39 is 81.2 Å². The number of hydrogen-bond acceptors (Lipinski definition) is 19. The van der Waals surface area contributed by atoms with E-state index in [9.17, 15) is 64.3 Å². The fourth-order valence-electron chi connectivity index (χ4n) is 6.56. The number of carboxylic acid groups (broad SMARTS) is 7. The molecule has 8 rings (SSSR count). The number of ether oxygens (including phenoxy) is 3. The summed E-state index contributed by atoms with van der Waals surface area (Å²) in [6.07, 6.45) is -8.65. The lowest BCUT2D eigenvalue weighted by molar-refractivity contribution is -0.274. The molecule has 18 nitrogen and oxygen atoms in total. The van der Waals surface area contributed by atoms with Crippen LogP contribution in [-0.4, -0.2) is 109 Å². The quantitative estimate of drug-likeness (QED) is 0.0469. The largest absolute Gasteiger partial charge is 0.573 e. The van der Waals surface area contributed by atoms with Crippen molar-refractivity contribution in [2.75, 3.05) is 19.8 Å². The Morgan fingerprint density at radius 1 is 0.446 bits per heavy atom. The van der Waals surface area contributed by atoms with Gasteiger partial charge >= 0.3 is 54.3 Å². The van der Waals surface area contributed by atoms with Gasteiger partial charge in [0, 0.05) is 43.9 Å². The molecule has 0 saturated carbocycles. The number of halogens is 8. The average molecular weight is 1470 g/mol. The lowest BCUT2D eigenvalue weighted by Gasteiger charge is -2.07. The van der Waals surface area contributed by atoms with Gasteiger partial charge in [-0.2, -0.15) is 13.2 Å². The average Bonchev–Trinajstić information content (AvgIpc) is 1.71. The van der Waals surface area contributed by atoms with E-state index in [0.717, 1.165) is 66.3 Å². The Morgan fingerprint density at radius 2 is 0.793 bits per heavy atom. The number of aryl methyl sites for hydroxylation is 11. The third kappa shape index (κ3) is 29.8. The molecule has 0 aliphatic rings. The second-order valence-electron chi connectivity index (χ2n) is 17.7. The molecule has 8 aromatic rings. The van der Waals surface area contributed by atoms with Crippen molar-refractivity contribution in [3.63, 3.8) is 0 Å². The minimum Gasteiger partial charge on any atom is -0.492 e. The highest BCUT2D eigenvalue weighted by molar-refractivity contribution is 7.16. The standard InChI is InChI=1S/C8H10O4S.C8H10O3S.C8H10O2S.C7H5F3O3S.C7H5F3O2S.C7H10S.C6H5ClO2S.C6H5FO2S.CH4/c1-5-4-6(12-3-2-9)7(13-5)8(10)11;1-3-11-6-4-5(2)12-7(6)8(9)10;1-3-6-4-5(2)11-7(6)8(9)10;1-3-2-4(13-7(8,9)10)5(14-3)6(11)12;1-3-2-4(7(8,9)10)5(13-3)6(11)12;1-5-4-6(2)8-7(5)3;2*1-3-2-4(7)5(10-3)6(8)9;/h4,9H,2-3H2,1H3,(H,10,11);4H,3H2,1-2H3,(H,9,10);4H,3H2,1-2H3,(H,9,10);2H,1H3,(H,11,12);2H,1H3,(H,11,12);4H,1-3H3;2*2H,1H3,(H,8,9);1H4. The Kier molecular flexibility index (Phi) is 36.6. The van der Waals surface area contributed by atoms with E-state index >= 15 is 0 Å². The molecule has 0 aliphatic heterocycles. The van der Waals surface area contributed by atoms with E-state index in [-0.39, 0.29) is 40.1 Å². The lowest BCUT2D eigenvalue weighted by Crippen LogP contribution is -2.18. The van der Waals surface area contributed by atoms with Crippen molar-refractivity contribution in [1.29, 1.82) is 0 Å². The summed E-state index contributed by atoms with van der Waals surface area (Å²) < 4.78 is 98.1. The Labute approximate surface area is 560 Å². The van der Waals surface area contributed by atoms with Gasteiger partial charge in [-0.1, -0.05) is 26.0 Å². The van der Waals surface area contributed by atoms with Crippen LogP contribution >= 0.6 is 102 Å². The maximum atomic E-state index is 12.5. The normalized spacial score (nSPS) is 10.3. The second kappa shape index (κ2) is 39.6. The number of carbonyl (C=O) groups is 7. The van der Waals surface area contributed by atoms with Crippen molar-refractivity contribution in [3.8, 4) is 17.2 Å². The lowest BCUT2D eigenvalue weighted by atomic mass is 10.2. The summed E-state index contributed by atoms with van der Waals surface area (Å²) in [6.45, 7) is 22.8. The minimum absolute atomic E-state index is 0. The minimum atomic E-state index is -4.86. The van der Waals surface area contributed by atoms with E-state index in [4.69, 9.17) is 61.9 Å². The van der Waals surface area contributed by atoms with Crippen LogP contribution in [0.4, 0.5) is 30.7 Å². The predicted molar refractivity (Wildman–Crippen MR) is 347 cm³/mol. The van der Waals surface area contributed by atoms with Crippen molar-refractivity contribution in [2.24, 2.45) is 0 Å². The molecule has 0 spiro atoms. The predicted octanol–water partition coefficient (Wildman–Crippen LogP) is 18.6. The molecule has 0 unspecified atom stereocenters. The van der Waals surface area contributed by atoms with Gasteiger partial charge in [-0.3, -0.25) is 0 Å². The van der Waals surface area contributed by atoms with E-state index in [1.807, 2.05) is 58.9 Å². The fourth-order valence-corrected chi connectivity index (χ4v) is 13.6. The maximum absolute atomic E-state index is 12.5. The third-order valence-electron chi connectivity index (χ3n) is 10.1. The Hall–Kier alpha value is -6.95. The first-order valence-corrected chi connectivity index (χ1v) is 32.3. The van der Waals surface area contributed by atoms with Crippen molar-refractivity contribution < 1.29 is 119 Å². The Balaban J connectivity index is 0.00000103. The molecule has 0 bridgehead atoms.